The van der Waals surface area contributed by atoms with Gasteiger partial charge in [0.15, 0.2) is 0 Å². The number of pyridine rings is 1. The Morgan fingerprint density at radius 1 is 1.23 bits per heavy atom. The first kappa shape index (κ1) is 16.7. The molecule has 6 rings (SSSR count). The van der Waals surface area contributed by atoms with Crippen LogP contribution in [-0.2, 0) is 4.79 Å². The topological polar surface area (TPSA) is 57.3 Å². The van der Waals surface area contributed by atoms with Crippen LogP contribution in [0.4, 0.5) is 0 Å². The number of aromatic nitrogens is 1. The summed E-state index contributed by atoms with van der Waals surface area (Å²) in [5.74, 6) is 2.82. The van der Waals surface area contributed by atoms with Crippen LogP contribution in [0.5, 0.6) is 0 Å². The molecule has 0 aromatic carbocycles. The Hall–Kier alpha value is -1.46. The molecule has 1 unspecified atom stereocenters. The van der Waals surface area contributed by atoms with E-state index in [2.05, 4.69) is 26.6 Å². The molecule has 140 valence electrons. The summed E-state index contributed by atoms with van der Waals surface area (Å²) in [5.41, 5.74) is 1.31. The van der Waals surface area contributed by atoms with Crippen molar-refractivity contribution in [3.05, 3.63) is 30.1 Å². The zero-order valence-corrected chi connectivity index (χ0v) is 15.5. The molecule has 4 bridgehead atoms. The van der Waals surface area contributed by atoms with Gasteiger partial charge >= 0.3 is 0 Å². The first-order valence-electron chi connectivity index (χ1n) is 10.3. The van der Waals surface area contributed by atoms with Gasteiger partial charge in [-0.2, -0.15) is 0 Å². The van der Waals surface area contributed by atoms with Crippen molar-refractivity contribution >= 4 is 5.91 Å². The highest BCUT2D eigenvalue weighted by atomic mass is 16.2. The fourth-order valence-electron chi connectivity index (χ4n) is 6.62. The lowest BCUT2D eigenvalue weighted by Crippen LogP contribution is -2.61. The van der Waals surface area contributed by atoms with Gasteiger partial charge in [-0.15, -0.1) is 0 Å². The minimum Gasteiger partial charge on any atom is -0.350 e. The molecule has 5 aliphatic rings. The number of hydrogen-bond acceptors (Lipinski definition) is 4. The zero-order chi connectivity index (χ0) is 17.6. The van der Waals surface area contributed by atoms with Crippen LogP contribution >= 0.6 is 0 Å². The number of carbonyl (C=O) groups is 1. The zero-order valence-electron chi connectivity index (χ0n) is 15.5. The fraction of sp³-hybridized carbons (Fsp3) is 0.714. The van der Waals surface area contributed by atoms with Crippen molar-refractivity contribution in [1.82, 2.24) is 20.5 Å². The molecule has 5 nitrogen and oxygen atoms in total. The highest BCUT2D eigenvalue weighted by molar-refractivity contribution is 5.79. The summed E-state index contributed by atoms with van der Waals surface area (Å²) < 4.78 is 0. The van der Waals surface area contributed by atoms with Crippen LogP contribution in [0.25, 0.3) is 0 Å². The summed E-state index contributed by atoms with van der Waals surface area (Å²) in [7, 11) is 0. The molecule has 1 atom stereocenters. The van der Waals surface area contributed by atoms with Gasteiger partial charge in [-0.05, 0) is 67.9 Å². The third kappa shape index (κ3) is 3.16. The van der Waals surface area contributed by atoms with Gasteiger partial charge in [0.1, 0.15) is 0 Å². The molecular formula is C21H30N4O. The molecule has 5 heteroatoms. The van der Waals surface area contributed by atoms with Gasteiger partial charge in [0, 0.05) is 43.6 Å². The van der Waals surface area contributed by atoms with Crippen molar-refractivity contribution in [1.29, 1.82) is 0 Å². The van der Waals surface area contributed by atoms with E-state index in [0.717, 1.165) is 37.4 Å². The van der Waals surface area contributed by atoms with E-state index in [1.54, 1.807) is 0 Å². The second-order valence-electron chi connectivity index (χ2n) is 9.22. The summed E-state index contributed by atoms with van der Waals surface area (Å²) >= 11 is 0. The maximum absolute atomic E-state index is 13.0. The molecule has 4 saturated carbocycles. The number of carbonyl (C=O) groups excluding carboxylic acids is 1. The molecule has 26 heavy (non-hydrogen) atoms. The van der Waals surface area contributed by atoms with Crippen molar-refractivity contribution in [2.75, 3.05) is 26.2 Å². The minimum absolute atomic E-state index is 0.115. The summed E-state index contributed by atoms with van der Waals surface area (Å²) in [4.78, 5) is 19.6. The molecule has 2 heterocycles. The van der Waals surface area contributed by atoms with Gasteiger partial charge in [0.25, 0.3) is 0 Å². The third-order valence-electron chi connectivity index (χ3n) is 7.21. The van der Waals surface area contributed by atoms with Gasteiger partial charge in [-0.3, -0.25) is 14.7 Å². The van der Waals surface area contributed by atoms with Crippen LogP contribution in [0, 0.1) is 17.8 Å². The van der Waals surface area contributed by atoms with Gasteiger partial charge in [0.2, 0.25) is 5.91 Å². The van der Waals surface area contributed by atoms with Gasteiger partial charge in [-0.1, -0.05) is 6.07 Å². The van der Waals surface area contributed by atoms with E-state index < -0.39 is 0 Å². The molecule has 5 fully saturated rings. The minimum atomic E-state index is 0.115. The monoisotopic (exact) mass is 354 g/mol. The summed E-state index contributed by atoms with van der Waals surface area (Å²) in [6.07, 6.45) is 11.6. The third-order valence-corrected chi connectivity index (χ3v) is 7.21. The van der Waals surface area contributed by atoms with Crippen LogP contribution in [0.2, 0.25) is 0 Å². The predicted octanol–water partition coefficient (Wildman–Crippen LogP) is 2.11. The van der Waals surface area contributed by atoms with E-state index in [1.807, 2.05) is 18.5 Å². The molecule has 1 aromatic heterocycles. The maximum Gasteiger partial charge on any atom is 0.234 e. The van der Waals surface area contributed by atoms with Crippen molar-refractivity contribution in [3.63, 3.8) is 0 Å². The van der Waals surface area contributed by atoms with Gasteiger partial charge in [-0.25, -0.2) is 0 Å². The van der Waals surface area contributed by atoms with Gasteiger partial charge < -0.3 is 10.6 Å². The normalized spacial score (nSPS) is 39.1. The first-order valence-corrected chi connectivity index (χ1v) is 10.3. The van der Waals surface area contributed by atoms with Gasteiger partial charge in [0.05, 0.1) is 6.54 Å². The molecule has 1 amide bonds. The highest BCUT2D eigenvalue weighted by Crippen LogP contribution is 2.55. The Labute approximate surface area is 155 Å². The van der Waals surface area contributed by atoms with Crippen LogP contribution in [-0.4, -0.2) is 47.5 Å². The maximum atomic E-state index is 13.0. The summed E-state index contributed by atoms with van der Waals surface area (Å²) in [5, 5.41) is 6.99. The van der Waals surface area contributed by atoms with Crippen molar-refractivity contribution < 1.29 is 4.79 Å². The Bertz CT molecular complexity index is 626. The number of hydrogen-bond donors (Lipinski definition) is 2. The Morgan fingerprint density at radius 3 is 2.62 bits per heavy atom. The molecule has 1 aliphatic heterocycles. The van der Waals surface area contributed by atoms with E-state index in [4.69, 9.17) is 0 Å². The summed E-state index contributed by atoms with van der Waals surface area (Å²) in [6.45, 7) is 3.24. The fourth-order valence-corrected chi connectivity index (χ4v) is 6.62. The number of nitrogens with one attached hydrogen (secondary N) is 2. The molecule has 0 spiro atoms. The van der Waals surface area contributed by atoms with E-state index >= 15 is 0 Å². The lowest BCUT2D eigenvalue weighted by Gasteiger charge is -2.57. The smallest absolute Gasteiger partial charge is 0.234 e. The lowest BCUT2D eigenvalue weighted by atomic mass is 9.53. The Morgan fingerprint density at radius 2 is 1.96 bits per heavy atom. The SMILES string of the molecule is O=C(CN1CCNCC1c1cccnc1)NC12CC3CC(CC(C3)C1)C2. The van der Waals surface area contributed by atoms with E-state index in [9.17, 15) is 4.79 Å². The Balaban J connectivity index is 1.26. The number of rotatable bonds is 4. The largest absolute Gasteiger partial charge is 0.350 e. The number of amides is 1. The average molecular weight is 354 g/mol. The molecule has 0 radical (unpaired) electrons. The average Bonchev–Trinajstić information content (AvgIpc) is 2.61. The molecule has 1 aromatic rings. The molecular weight excluding hydrogens is 324 g/mol. The standard InChI is InChI=1S/C21H30N4O/c26-20(24-21-9-15-6-16(10-21)8-17(7-15)11-21)14-25-5-4-23-13-19(25)18-2-1-3-22-12-18/h1-3,12,15-17,19,23H,4-11,13-14H2,(H,24,26). The lowest BCUT2D eigenvalue weighted by molar-refractivity contribution is -0.128. The quantitative estimate of drug-likeness (QED) is 0.870. The van der Waals surface area contributed by atoms with E-state index in [0.29, 0.717) is 6.54 Å². The van der Waals surface area contributed by atoms with Crippen LogP contribution in [0.1, 0.15) is 50.1 Å². The van der Waals surface area contributed by atoms with Crippen molar-refractivity contribution in [2.45, 2.75) is 50.1 Å². The second-order valence-corrected chi connectivity index (χ2v) is 9.22. The van der Waals surface area contributed by atoms with Crippen LogP contribution in [0.3, 0.4) is 0 Å². The number of nitrogens with zero attached hydrogens (tertiary/aromatic N) is 2. The van der Waals surface area contributed by atoms with Crippen LogP contribution in [0.15, 0.2) is 24.5 Å². The Kier molecular flexibility index (Phi) is 4.24. The van der Waals surface area contributed by atoms with Crippen molar-refractivity contribution in [2.24, 2.45) is 17.8 Å². The van der Waals surface area contributed by atoms with Crippen LogP contribution < -0.4 is 10.6 Å². The predicted molar refractivity (Wildman–Crippen MR) is 100 cm³/mol. The number of piperazine rings is 1. The molecule has 1 saturated heterocycles. The first-order chi connectivity index (χ1) is 12.7. The van der Waals surface area contributed by atoms with Crippen molar-refractivity contribution in [3.8, 4) is 0 Å². The molecule has 2 N–H and O–H groups in total. The van der Waals surface area contributed by atoms with E-state index in [1.165, 1.54) is 44.1 Å². The highest BCUT2D eigenvalue weighted by Gasteiger charge is 2.51. The molecule has 4 aliphatic carbocycles. The van der Waals surface area contributed by atoms with E-state index in [-0.39, 0.29) is 17.5 Å². The second kappa shape index (κ2) is 6.61. The summed E-state index contributed by atoms with van der Waals surface area (Å²) in [6, 6.07) is 4.34.